The summed E-state index contributed by atoms with van der Waals surface area (Å²) < 4.78 is 5.15. The molecule has 0 aromatic heterocycles. The van der Waals surface area contributed by atoms with Gasteiger partial charge in [0.15, 0.2) is 0 Å². The van der Waals surface area contributed by atoms with Crippen molar-refractivity contribution in [3.05, 3.63) is 23.8 Å². The smallest absolute Gasteiger partial charge is 0.124 e. The van der Waals surface area contributed by atoms with Crippen LogP contribution in [0.2, 0.25) is 0 Å². The van der Waals surface area contributed by atoms with Crippen LogP contribution in [-0.2, 0) is 0 Å². The highest BCUT2D eigenvalue weighted by molar-refractivity contribution is 5.41. The maximum atomic E-state index is 10.2. The molecule has 20 heavy (non-hydrogen) atoms. The summed E-state index contributed by atoms with van der Waals surface area (Å²) in [7, 11) is 3.79. The number of hydrogen-bond acceptors (Lipinski definition) is 4. The third-order valence-electron chi connectivity index (χ3n) is 4.28. The third-order valence-corrected chi connectivity index (χ3v) is 4.28. The lowest BCUT2D eigenvalue weighted by molar-refractivity contribution is 0.151. The van der Waals surface area contributed by atoms with Crippen LogP contribution < -0.4 is 4.74 Å². The SMILES string of the molecule is COc1ccc(C(C)N2CCCN(C)CC2C)c(O)c1. The minimum atomic E-state index is 0.211. The van der Waals surface area contributed by atoms with Crippen LogP contribution in [-0.4, -0.2) is 54.7 Å². The van der Waals surface area contributed by atoms with Gasteiger partial charge < -0.3 is 14.7 Å². The van der Waals surface area contributed by atoms with Crippen LogP contribution in [0.15, 0.2) is 18.2 Å². The predicted octanol–water partition coefficient (Wildman–Crippen LogP) is 2.49. The van der Waals surface area contributed by atoms with Gasteiger partial charge in [-0.2, -0.15) is 0 Å². The van der Waals surface area contributed by atoms with Gasteiger partial charge in [0.05, 0.1) is 7.11 Å². The van der Waals surface area contributed by atoms with E-state index in [1.54, 1.807) is 13.2 Å². The maximum absolute atomic E-state index is 10.2. The normalized spacial score (nSPS) is 23.3. The number of benzene rings is 1. The minimum Gasteiger partial charge on any atom is -0.507 e. The molecule has 4 heteroatoms. The number of methoxy groups -OCH3 is 1. The number of hydrogen-bond donors (Lipinski definition) is 1. The molecule has 2 atom stereocenters. The van der Waals surface area contributed by atoms with Gasteiger partial charge in [-0.3, -0.25) is 4.90 Å². The van der Waals surface area contributed by atoms with Gasteiger partial charge >= 0.3 is 0 Å². The number of rotatable bonds is 3. The first kappa shape index (κ1) is 15.1. The summed E-state index contributed by atoms with van der Waals surface area (Å²) in [5, 5.41) is 10.2. The molecule has 0 aliphatic carbocycles. The van der Waals surface area contributed by atoms with Crippen LogP contribution in [0.5, 0.6) is 11.5 Å². The Morgan fingerprint density at radius 1 is 1.35 bits per heavy atom. The highest BCUT2D eigenvalue weighted by Gasteiger charge is 2.26. The number of likely N-dealkylation sites (N-methyl/N-ethyl adjacent to an activating group) is 1. The lowest BCUT2D eigenvalue weighted by atomic mass is 10.0. The van der Waals surface area contributed by atoms with Crippen molar-refractivity contribution >= 4 is 0 Å². The van der Waals surface area contributed by atoms with E-state index in [9.17, 15) is 5.11 Å². The van der Waals surface area contributed by atoms with Gasteiger partial charge in [0.2, 0.25) is 0 Å². The first-order valence-electron chi connectivity index (χ1n) is 7.34. The van der Waals surface area contributed by atoms with E-state index in [1.165, 1.54) is 6.42 Å². The molecular formula is C16H26N2O2. The summed E-state index contributed by atoms with van der Waals surface area (Å²) in [6, 6.07) is 6.28. The van der Waals surface area contributed by atoms with Crippen LogP contribution in [0.4, 0.5) is 0 Å². The van der Waals surface area contributed by atoms with Gasteiger partial charge in [0.25, 0.3) is 0 Å². The van der Waals surface area contributed by atoms with Gasteiger partial charge in [-0.1, -0.05) is 6.07 Å². The van der Waals surface area contributed by atoms with E-state index in [2.05, 4.69) is 30.7 Å². The second-order valence-electron chi connectivity index (χ2n) is 5.80. The summed E-state index contributed by atoms with van der Waals surface area (Å²) in [5.74, 6) is 1.02. The van der Waals surface area contributed by atoms with Gasteiger partial charge in [0.1, 0.15) is 11.5 Å². The molecule has 112 valence electrons. The third kappa shape index (κ3) is 3.25. The van der Waals surface area contributed by atoms with Crippen LogP contribution in [0.3, 0.4) is 0 Å². The average molecular weight is 278 g/mol. The van der Waals surface area contributed by atoms with Gasteiger partial charge in [-0.05, 0) is 39.9 Å². The first-order valence-corrected chi connectivity index (χ1v) is 7.34. The maximum Gasteiger partial charge on any atom is 0.124 e. The van der Waals surface area contributed by atoms with Crippen molar-refractivity contribution in [3.8, 4) is 11.5 Å². The summed E-state index contributed by atoms with van der Waals surface area (Å²) in [4.78, 5) is 4.86. The molecule has 1 saturated heterocycles. The number of phenolic OH excluding ortho intramolecular Hbond substituents is 1. The topological polar surface area (TPSA) is 35.9 Å². The summed E-state index contributed by atoms with van der Waals surface area (Å²) in [6.45, 7) is 7.71. The first-order chi connectivity index (χ1) is 9.52. The molecule has 0 bridgehead atoms. The Hall–Kier alpha value is -1.26. The average Bonchev–Trinajstić information content (AvgIpc) is 2.58. The fourth-order valence-electron chi connectivity index (χ4n) is 3.15. The molecular weight excluding hydrogens is 252 g/mol. The summed E-state index contributed by atoms with van der Waals surface area (Å²) >= 11 is 0. The zero-order valence-electron chi connectivity index (χ0n) is 13.0. The number of aromatic hydroxyl groups is 1. The van der Waals surface area contributed by atoms with Crippen molar-refractivity contribution in [2.75, 3.05) is 33.8 Å². The van der Waals surface area contributed by atoms with Crippen molar-refractivity contribution < 1.29 is 9.84 Å². The fraction of sp³-hybridized carbons (Fsp3) is 0.625. The molecule has 1 aromatic rings. The van der Waals surface area contributed by atoms with E-state index in [0.717, 1.165) is 25.2 Å². The van der Waals surface area contributed by atoms with Crippen molar-refractivity contribution in [1.82, 2.24) is 9.80 Å². The Kier molecular flexibility index (Phi) is 4.89. The van der Waals surface area contributed by atoms with E-state index >= 15 is 0 Å². The predicted molar refractivity (Wildman–Crippen MR) is 81.4 cm³/mol. The van der Waals surface area contributed by atoms with Gasteiger partial charge in [-0.25, -0.2) is 0 Å². The van der Waals surface area contributed by atoms with E-state index in [-0.39, 0.29) is 6.04 Å². The number of nitrogens with zero attached hydrogens (tertiary/aromatic N) is 2. The number of ether oxygens (including phenoxy) is 1. The molecule has 4 nitrogen and oxygen atoms in total. The molecule has 1 aliphatic rings. The van der Waals surface area contributed by atoms with E-state index in [4.69, 9.17) is 4.74 Å². The lowest BCUT2D eigenvalue weighted by Gasteiger charge is -2.34. The molecule has 1 fully saturated rings. The Balaban J connectivity index is 2.19. The molecule has 1 heterocycles. The van der Waals surface area contributed by atoms with Gasteiger partial charge in [0, 0.05) is 36.8 Å². The summed E-state index contributed by atoms with van der Waals surface area (Å²) in [6.07, 6.45) is 1.17. The van der Waals surface area contributed by atoms with Crippen molar-refractivity contribution in [3.63, 3.8) is 0 Å². The second kappa shape index (κ2) is 6.46. The second-order valence-corrected chi connectivity index (χ2v) is 5.80. The van der Waals surface area contributed by atoms with E-state index in [1.807, 2.05) is 12.1 Å². The molecule has 0 amide bonds. The van der Waals surface area contributed by atoms with Crippen LogP contribution in [0, 0.1) is 0 Å². The molecule has 0 radical (unpaired) electrons. The molecule has 0 spiro atoms. The van der Waals surface area contributed by atoms with Crippen LogP contribution in [0.1, 0.15) is 31.9 Å². The molecule has 1 aromatic carbocycles. The monoisotopic (exact) mass is 278 g/mol. The zero-order chi connectivity index (χ0) is 14.7. The molecule has 2 rings (SSSR count). The van der Waals surface area contributed by atoms with Gasteiger partial charge in [-0.15, -0.1) is 0 Å². The standard InChI is InChI=1S/C16H26N2O2/c1-12-11-17(3)8-5-9-18(12)13(2)15-7-6-14(20-4)10-16(15)19/h6-7,10,12-13,19H,5,8-9,11H2,1-4H3. The van der Waals surface area contributed by atoms with Crippen molar-refractivity contribution in [2.24, 2.45) is 0 Å². The molecule has 1 aliphatic heterocycles. The Morgan fingerprint density at radius 3 is 2.75 bits per heavy atom. The molecule has 2 unspecified atom stereocenters. The lowest BCUT2D eigenvalue weighted by Crippen LogP contribution is -2.39. The van der Waals surface area contributed by atoms with Crippen molar-refractivity contribution in [1.29, 1.82) is 0 Å². The Morgan fingerprint density at radius 2 is 2.10 bits per heavy atom. The molecule has 0 saturated carbocycles. The van der Waals surface area contributed by atoms with Crippen LogP contribution >= 0.6 is 0 Å². The fourth-order valence-corrected chi connectivity index (χ4v) is 3.15. The van der Waals surface area contributed by atoms with Crippen LogP contribution in [0.25, 0.3) is 0 Å². The summed E-state index contributed by atoms with van der Waals surface area (Å²) in [5.41, 5.74) is 0.974. The minimum absolute atomic E-state index is 0.211. The Bertz CT molecular complexity index is 450. The zero-order valence-corrected chi connectivity index (χ0v) is 13.0. The molecule has 1 N–H and O–H groups in total. The highest BCUT2D eigenvalue weighted by atomic mass is 16.5. The van der Waals surface area contributed by atoms with Crippen molar-refractivity contribution in [2.45, 2.75) is 32.4 Å². The Labute approximate surface area is 122 Å². The quantitative estimate of drug-likeness (QED) is 0.921. The number of phenols is 1. The largest absolute Gasteiger partial charge is 0.507 e. The van der Waals surface area contributed by atoms with E-state index in [0.29, 0.717) is 17.5 Å². The highest BCUT2D eigenvalue weighted by Crippen LogP contribution is 2.33. The van der Waals surface area contributed by atoms with E-state index < -0.39 is 0 Å².